The molecule has 80 valence electrons. The lowest BCUT2D eigenvalue weighted by molar-refractivity contribution is -0.119. The molecule has 0 aromatic heterocycles. The molecule has 0 aliphatic heterocycles. The van der Waals surface area contributed by atoms with Crippen molar-refractivity contribution < 1.29 is 4.79 Å². The second-order valence-electron chi connectivity index (χ2n) is 5.11. The Labute approximate surface area is 95.0 Å². The van der Waals surface area contributed by atoms with E-state index in [1.165, 1.54) is 6.42 Å². The van der Waals surface area contributed by atoms with Crippen molar-refractivity contribution >= 4 is 17.5 Å². The topological polar surface area (TPSA) is 17.1 Å². The third kappa shape index (κ3) is 1.34. The summed E-state index contributed by atoms with van der Waals surface area (Å²) in [5.74, 6) is 2.48. The highest BCUT2D eigenvalue weighted by Crippen LogP contribution is 2.54. The number of thioether (sulfide) groups is 1. The molecular weight excluding hydrogens is 204 g/mol. The zero-order valence-corrected chi connectivity index (χ0v) is 9.96. The molecule has 0 heterocycles. The number of carbonyl (C=O) groups excluding carboxylic acids is 1. The molecule has 0 aromatic rings. The minimum atomic E-state index is 0.307. The normalized spacial score (nSPS) is 41.5. The molecule has 0 unspecified atom stereocenters. The molecule has 0 amide bonds. The minimum Gasteiger partial charge on any atom is -0.293 e. The molecule has 0 N–H and O–H groups in total. The van der Waals surface area contributed by atoms with Crippen molar-refractivity contribution in [2.24, 2.45) is 23.7 Å². The van der Waals surface area contributed by atoms with E-state index in [4.69, 9.17) is 0 Å². The molecule has 0 radical (unpaired) electrons. The van der Waals surface area contributed by atoms with Crippen molar-refractivity contribution in [3.63, 3.8) is 0 Å². The van der Waals surface area contributed by atoms with Crippen molar-refractivity contribution in [3.8, 4) is 0 Å². The van der Waals surface area contributed by atoms with E-state index in [0.29, 0.717) is 34.7 Å². The van der Waals surface area contributed by atoms with Gasteiger partial charge >= 0.3 is 0 Å². The number of Topliss-reactive ketones (excluding diaryl/α,β-unsaturated/α-hetero) is 1. The monoisotopic (exact) mass is 220 g/mol. The summed E-state index contributed by atoms with van der Waals surface area (Å²) in [5.41, 5.74) is 0. The maximum atomic E-state index is 12.2. The summed E-state index contributed by atoms with van der Waals surface area (Å²) in [6.07, 6.45) is 8.06. The number of rotatable bonds is 2. The van der Waals surface area contributed by atoms with Crippen LogP contribution in [0.1, 0.15) is 20.3 Å². The average molecular weight is 220 g/mol. The van der Waals surface area contributed by atoms with Gasteiger partial charge in [-0.3, -0.25) is 4.79 Å². The SMILES string of the molecule is CC(C)SC1=C[C@H]2[C@@H](C1=O)[C@@H]1C=C[C@H]2C1. The van der Waals surface area contributed by atoms with Crippen molar-refractivity contribution in [3.05, 3.63) is 23.1 Å². The predicted octanol–water partition coefficient (Wildman–Crippen LogP) is 3.03. The van der Waals surface area contributed by atoms with E-state index in [0.717, 1.165) is 4.91 Å². The van der Waals surface area contributed by atoms with Crippen LogP contribution >= 0.6 is 11.8 Å². The maximum Gasteiger partial charge on any atom is 0.173 e. The van der Waals surface area contributed by atoms with Gasteiger partial charge in [0.2, 0.25) is 0 Å². The lowest BCUT2D eigenvalue weighted by atomic mass is 9.85. The van der Waals surface area contributed by atoms with Crippen molar-refractivity contribution in [1.82, 2.24) is 0 Å². The van der Waals surface area contributed by atoms with Gasteiger partial charge in [0.05, 0.1) is 0 Å². The molecule has 3 rings (SSSR count). The van der Waals surface area contributed by atoms with E-state index in [-0.39, 0.29) is 0 Å². The van der Waals surface area contributed by atoms with Crippen LogP contribution in [-0.4, -0.2) is 11.0 Å². The van der Waals surface area contributed by atoms with Crippen molar-refractivity contribution in [2.45, 2.75) is 25.5 Å². The van der Waals surface area contributed by atoms with Gasteiger partial charge in [0.25, 0.3) is 0 Å². The summed E-state index contributed by atoms with van der Waals surface area (Å²) < 4.78 is 0. The van der Waals surface area contributed by atoms with E-state index in [1.807, 2.05) is 0 Å². The summed E-state index contributed by atoms with van der Waals surface area (Å²) in [4.78, 5) is 13.2. The van der Waals surface area contributed by atoms with Gasteiger partial charge in [-0.05, 0) is 24.2 Å². The van der Waals surface area contributed by atoms with Gasteiger partial charge in [0.15, 0.2) is 5.78 Å². The zero-order valence-electron chi connectivity index (χ0n) is 9.14. The Morgan fingerprint density at radius 2 is 2.07 bits per heavy atom. The number of hydrogen-bond acceptors (Lipinski definition) is 2. The quantitative estimate of drug-likeness (QED) is 0.665. The van der Waals surface area contributed by atoms with Gasteiger partial charge in [-0.25, -0.2) is 0 Å². The van der Waals surface area contributed by atoms with Crippen LogP contribution in [0.5, 0.6) is 0 Å². The van der Waals surface area contributed by atoms with Gasteiger partial charge in [0, 0.05) is 16.1 Å². The largest absolute Gasteiger partial charge is 0.293 e. The van der Waals surface area contributed by atoms with E-state index < -0.39 is 0 Å². The number of allylic oxidation sites excluding steroid dienone is 4. The van der Waals surface area contributed by atoms with Gasteiger partial charge in [-0.2, -0.15) is 0 Å². The van der Waals surface area contributed by atoms with Crippen LogP contribution in [0.25, 0.3) is 0 Å². The molecule has 0 spiro atoms. The molecule has 1 fully saturated rings. The summed E-state index contributed by atoms with van der Waals surface area (Å²) >= 11 is 1.74. The molecule has 15 heavy (non-hydrogen) atoms. The number of fused-ring (bicyclic) bond motifs is 5. The molecule has 2 bridgehead atoms. The summed E-state index contributed by atoms with van der Waals surface area (Å²) in [6, 6.07) is 0. The summed E-state index contributed by atoms with van der Waals surface area (Å²) in [6.45, 7) is 4.31. The Kier molecular flexibility index (Phi) is 2.10. The van der Waals surface area contributed by atoms with Gasteiger partial charge in [0.1, 0.15) is 0 Å². The highest BCUT2D eigenvalue weighted by Gasteiger charge is 2.51. The number of carbonyl (C=O) groups is 1. The Balaban J connectivity index is 1.86. The maximum absolute atomic E-state index is 12.2. The number of ketones is 1. The van der Waals surface area contributed by atoms with E-state index >= 15 is 0 Å². The molecule has 3 aliphatic carbocycles. The number of hydrogen-bond donors (Lipinski definition) is 0. The van der Waals surface area contributed by atoms with Gasteiger partial charge in [-0.15, -0.1) is 11.8 Å². The van der Waals surface area contributed by atoms with Crippen LogP contribution in [0.3, 0.4) is 0 Å². The standard InChI is InChI=1S/C13H16OS/c1-7(2)15-11-6-10-8-3-4-9(5-8)12(10)13(11)14/h3-4,6-10,12H,5H2,1-2H3/t8-,9+,10+,12-/m0/s1. The van der Waals surface area contributed by atoms with Crippen LogP contribution in [0.15, 0.2) is 23.1 Å². The fourth-order valence-electron chi connectivity index (χ4n) is 3.23. The van der Waals surface area contributed by atoms with Crippen molar-refractivity contribution in [2.75, 3.05) is 0 Å². The fraction of sp³-hybridized carbons (Fsp3) is 0.615. The Bertz CT molecular complexity index is 367. The molecule has 1 saturated carbocycles. The first-order chi connectivity index (χ1) is 7.16. The molecule has 4 atom stereocenters. The van der Waals surface area contributed by atoms with Gasteiger partial charge in [-0.1, -0.05) is 32.1 Å². The van der Waals surface area contributed by atoms with Crippen LogP contribution in [0.2, 0.25) is 0 Å². The highest BCUT2D eigenvalue weighted by atomic mass is 32.2. The molecule has 0 aromatic carbocycles. The van der Waals surface area contributed by atoms with Crippen LogP contribution < -0.4 is 0 Å². The second kappa shape index (κ2) is 3.24. The first kappa shape index (κ1) is 9.71. The third-order valence-corrected chi connectivity index (χ3v) is 4.83. The second-order valence-corrected chi connectivity index (χ2v) is 6.73. The van der Waals surface area contributed by atoms with Crippen LogP contribution in [0.4, 0.5) is 0 Å². The smallest absolute Gasteiger partial charge is 0.173 e. The molecule has 0 saturated heterocycles. The highest BCUT2D eigenvalue weighted by molar-refractivity contribution is 8.04. The first-order valence-electron chi connectivity index (χ1n) is 5.78. The molecule has 2 heteroatoms. The Hall–Kier alpha value is -0.500. The molecular formula is C13H16OS. The molecule has 3 aliphatic rings. The average Bonchev–Trinajstić information content (AvgIpc) is 2.79. The summed E-state index contributed by atoms with van der Waals surface area (Å²) in [5, 5.41) is 0.518. The molecule has 1 nitrogen and oxygen atoms in total. The summed E-state index contributed by atoms with van der Waals surface area (Å²) in [7, 11) is 0. The van der Waals surface area contributed by atoms with E-state index in [1.54, 1.807) is 11.8 Å². The first-order valence-corrected chi connectivity index (χ1v) is 6.66. The van der Waals surface area contributed by atoms with E-state index in [2.05, 4.69) is 32.1 Å². The Morgan fingerprint density at radius 3 is 2.73 bits per heavy atom. The zero-order chi connectivity index (χ0) is 10.6. The van der Waals surface area contributed by atoms with E-state index in [9.17, 15) is 4.79 Å². The Morgan fingerprint density at radius 1 is 1.33 bits per heavy atom. The predicted molar refractivity (Wildman–Crippen MR) is 63.5 cm³/mol. The lowest BCUT2D eigenvalue weighted by Gasteiger charge is -2.17. The van der Waals surface area contributed by atoms with Gasteiger partial charge < -0.3 is 0 Å². The van der Waals surface area contributed by atoms with Crippen LogP contribution in [0, 0.1) is 23.7 Å². The minimum absolute atomic E-state index is 0.307. The van der Waals surface area contributed by atoms with Crippen molar-refractivity contribution in [1.29, 1.82) is 0 Å². The third-order valence-electron chi connectivity index (χ3n) is 3.77. The lowest BCUT2D eigenvalue weighted by Crippen LogP contribution is -2.21. The fourth-order valence-corrected chi connectivity index (χ4v) is 4.23. The van der Waals surface area contributed by atoms with Crippen LogP contribution in [-0.2, 0) is 4.79 Å².